The Balaban J connectivity index is 1.69. The van der Waals surface area contributed by atoms with E-state index < -0.39 is 0 Å². The molecule has 3 rings (SSSR count). The number of aromatic nitrogens is 2. The number of hydrogen-bond donors (Lipinski definition) is 0. The fourth-order valence-corrected chi connectivity index (χ4v) is 4.26. The topological polar surface area (TPSA) is 52.1 Å². The molecule has 1 fully saturated rings. The van der Waals surface area contributed by atoms with E-state index in [2.05, 4.69) is 9.97 Å². The average Bonchev–Trinajstić information content (AvgIpc) is 3.01. The normalized spacial score (nSPS) is 16.5. The number of ether oxygens (including phenoxy) is 1. The van der Waals surface area contributed by atoms with Gasteiger partial charge in [0.25, 0.3) is 0 Å². The van der Waals surface area contributed by atoms with E-state index in [1.54, 1.807) is 29.4 Å². The maximum Gasteiger partial charge on any atom is 0.306 e. The van der Waals surface area contributed by atoms with Crippen molar-refractivity contribution in [2.75, 3.05) is 12.9 Å². The van der Waals surface area contributed by atoms with Crippen molar-refractivity contribution >= 4 is 39.3 Å². The molecular weight excluding hydrogens is 280 g/mol. The van der Waals surface area contributed by atoms with Crippen LogP contribution < -0.4 is 0 Å². The van der Waals surface area contributed by atoms with Crippen molar-refractivity contribution in [3.05, 3.63) is 17.8 Å². The van der Waals surface area contributed by atoms with E-state index in [1.807, 2.05) is 11.4 Å². The van der Waals surface area contributed by atoms with Crippen molar-refractivity contribution in [2.45, 2.75) is 24.3 Å². The summed E-state index contributed by atoms with van der Waals surface area (Å²) >= 11 is 3.39. The van der Waals surface area contributed by atoms with Crippen LogP contribution in [0.5, 0.6) is 0 Å². The molecule has 0 spiro atoms. The van der Waals surface area contributed by atoms with Gasteiger partial charge in [-0.1, -0.05) is 0 Å². The zero-order chi connectivity index (χ0) is 13.3. The Kier molecular flexibility index (Phi) is 3.45. The Hall–Kier alpha value is -1.14. The molecule has 1 aliphatic carbocycles. The van der Waals surface area contributed by atoms with Crippen LogP contribution in [0.15, 0.2) is 22.8 Å². The number of thioether (sulfide) groups is 1. The molecule has 0 atom stereocenters. The summed E-state index contributed by atoms with van der Waals surface area (Å²) in [7, 11) is 1.45. The van der Waals surface area contributed by atoms with Crippen LogP contribution in [0.3, 0.4) is 0 Å². The fourth-order valence-electron chi connectivity index (χ4n) is 2.02. The lowest BCUT2D eigenvalue weighted by molar-refractivity contribution is -0.141. The third-order valence-corrected chi connectivity index (χ3v) is 5.81. The minimum atomic E-state index is -0.109. The second-order valence-corrected chi connectivity index (χ2v) is 6.74. The molecule has 0 aromatic carbocycles. The summed E-state index contributed by atoms with van der Waals surface area (Å²) in [6.07, 6.45) is 4.34. The van der Waals surface area contributed by atoms with E-state index in [0.717, 1.165) is 33.8 Å². The first-order valence-electron chi connectivity index (χ1n) is 6.10. The second-order valence-electron chi connectivity index (χ2n) is 4.86. The largest absolute Gasteiger partial charge is 0.469 e. The van der Waals surface area contributed by atoms with E-state index in [4.69, 9.17) is 4.74 Å². The second kappa shape index (κ2) is 5.09. The number of methoxy groups -OCH3 is 1. The molecule has 0 saturated heterocycles. The monoisotopic (exact) mass is 294 g/mol. The van der Waals surface area contributed by atoms with Gasteiger partial charge in [-0.15, -0.1) is 23.1 Å². The first-order chi connectivity index (χ1) is 9.22. The van der Waals surface area contributed by atoms with E-state index in [9.17, 15) is 4.79 Å². The summed E-state index contributed by atoms with van der Waals surface area (Å²) in [5, 5.41) is 3.06. The smallest absolute Gasteiger partial charge is 0.306 e. The van der Waals surface area contributed by atoms with E-state index in [-0.39, 0.29) is 11.4 Å². The molecule has 0 aliphatic heterocycles. The van der Waals surface area contributed by atoms with Crippen LogP contribution in [0.1, 0.15) is 19.3 Å². The predicted molar refractivity (Wildman–Crippen MR) is 76.4 cm³/mol. The maximum absolute atomic E-state index is 11.4. The summed E-state index contributed by atoms with van der Waals surface area (Å²) in [5.74, 6) is 0.814. The molecular formula is C13H14N2O2S2. The molecule has 0 bridgehead atoms. The first-order valence-corrected chi connectivity index (χ1v) is 7.97. The number of nitrogens with zero attached hydrogens (tertiary/aromatic N) is 2. The highest BCUT2D eigenvalue weighted by molar-refractivity contribution is 7.99. The number of carbonyl (C=O) groups is 1. The zero-order valence-electron chi connectivity index (χ0n) is 10.6. The van der Waals surface area contributed by atoms with Gasteiger partial charge < -0.3 is 4.74 Å². The summed E-state index contributed by atoms with van der Waals surface area (Å²) in [4.78, 5) is 20.0. The van der Waals surface area contributed by atoms with Gasteiger partial charge >= 0.3 is 5.97 Å². The van der Waals surface area contributed by atoms with Gasteiger partial charge in [-0.2, -0.15) is 0 Å². The Morgan fingerprint density at radius 2 is 2.37 bits per heavy atom. The average molecular weight is 294 g/mol. The predicted octanol–water partition coefficient (Wildman–Crippen LogP) is 3.13. The number of esters is 1. The van der Waals surface area contributed by atoms with Crippen molar-refractivity contribution in [2.24, 2.45) is 5.41 Å². The Bertz CT molecular complexity index is 607. The molecule has 0 radical (unpaired) electrons. The lowest BCUT2D eigenvalue weighted by Gasteiger charge is -2.12. The van der Waals surface area contributed by atoms with Crippen LogP contribution in [0.4, 0.5) is 0 Å². The SMILES string of the molecule is COC(=O)CC1(CSc2ncnc3ccsc23)CC1. The van der Waals surface area contributed by atoms with Gasteiger partial charge in [0.2, 0.25) is 0 Å². The van der Waals surface area contributed by atoms with Crippen molar-refractivity contribution < 1.29 is 9.53 Å². The molecule has 19 heavy (non-hydrogen) atoms. The van der Waals surface area contributed by atoms with Crippen LogP contribution >= 0.6 is 23.1 Å². The van der Waals surface area contributed by atoms with Gasteiger partial charge in [-0.25, -0.2) is 9.97 Å². The number of rotatable bonds is 5. The molecule has 100 valence electrons. The number of thiophene rings is 1. The van der Waals surface area contributed by atoms with Gasteiger partial charge in [0.15, 0.2) is 0 Å². The summed E-state index contributed by atoms with van der Waals surface area (Å²) in [5.41, 5.74) is 1.13. The molecule has 2 aromatic rings. The quantitative estimate of drug-likeness (QED) is 0.482. The summed E-state index contributed by atoms with van der Waals surface area (Å²) in [6, 6.07) is 2.01. The molecule has 2 heterocycles. The standard InChI is InChI=1S/C13H14N2O2S2/c1-17-10(16)6-13(3-4-13)7-19-12-11-9(2-5-18-11)14-8-15-12/h2,5,8H,3-4,6-7H2,1H3. The molecule has 1 saturated carbocycles. The van der Waals surface area contributed by atoms with Crippen molar-refractivity contribution in [1.82, 2.24) is 9.97 Å². The van der Waals surface area contributed by atoms with Crippen LogP contribution in [0, 0.1) is 5.41 Å². The van der Waals surface area contributed by atoms with Crippen molar-refractivity contribution in [3.8, 4) is 0 Å². The number of fused-ring (bicyclic) bond motifs is 1. The lowest BCUT2D eigenvalue weighted by Crippen LogP contribution is -2.13. The third-order valence-electron chi connectivity index (χ3n) is 3.43. The lowest BCUT2D eigenvalue weighted by atomic mass is 10.1. The van der Waals surface area contributed by atoms with Gasteiger partial charge in [0, 0.05) is 5.75 Å². The Labute approximate surface area is 119 Å². The van der Waals surface area contributed by atoms with E-state index in [0.29, 0.717) is 6.42 Å². The minimum Gasteiger partial charge on any atom is -0.469 e. The minimum absolute atomic E-state index is 0.109. The van der Waals surface area contributed by atoms with Gasteiger partial charge in [-0.05, 0) is 29.7 Å². The van der Waals surface area contributed by atoms with Crippen molar-refractivity contribution in [3.63, 3.8) is 0 Å². The highest BCUT2D eigenvalue weighted by Gasteiger charge is 2.44. The highest BCUT2D eigenvalue weighted by Crippen LogP contribution is 2.52. The van der Waals surface area contributed by atoms with Crippen molar-refractivity contribution in [1.29, 1.82) is 0 Å². The fraction of sp³-hybridized carbons (Fsp3) is 0.462. The molecule has 0 unspecified atom stereocenters. The Morgan fingerprint density at radius 1 is 1.53 bits per heavy atom. The molecule has 4 nitrogen and oxygen atoms in total. The van der Waals surface area contributed by atoms with Gasteiger partial charge in [0.1, 0.15) is 11.4 Å². The van der Waals surface area contributed by atoms with Crippen LogP contribution in [0.25, 0.3) is 10.2 Å². The molecule has 2 aromatic heterocycles. The summed E-state index contributed by atoms with van der Waals surface area (Å²) < 4.78 is 5.90. The van der Waals surface area contributed by atoms with Crippen LogP contribution in [0.2, 0.25) is 0 Å². The summed E-state index contributed by atoms with van der Waals surface area (Å²) in [6.45, 7) is 0. The van der Waals surface area contributed by atoms with Gasteiger partial charge in [-0.3, -0.25) is 4.79 Å². The van der Waals surface area contributed by atoms with Crippen LogP contribution in [-0.2, 0) is 9.53 Å². The Morgan fingerprint density at radius 3 is 3.11 bits per heavy atom. The maximum atomic E-state index is 11.4. The number of hydrogen-bond acceptors (Lipinski definition) is 6. The molecule has 0 amide bonds. The number of carbonyl (C=O) groups excluding carboxylic acids is 1. The first kappa shape index (κ1) is 12.9. The van der Waals surface area contributed by atoms with E-state index >= 15 is 0 Å². The van der Waals surface area contributed by atoms with E-state index in [1.165, 1.54) is 7.11 Å². The van der Waals surface area contributed by atoms with Crippen LogP contribution in [-0.4, -0.2) is 28.8 Å². The van der Waals surface area contributed by atoms with Gasteiger partial charge in [0.05, 0.1) is 23.7 Å². The third kappa shape index (κ3) is 2.74. The molecule has 0 N–H and O–H groups in total. The molecule has 6 heteroatoms. The zero-order valence-corrected chi connectivity index (χ0v) is 12.2. The highest BCUT2D eigenvalue weighted by atomic mass is 32.2. The molecule has 1 aliphatic rings.